The summed E-state index contributed by atoms with van der Waals surface area (Å²) in [7, 11) is 0. The van der Waals surface area contributed by atoms with Crippen LogP contribution in [0.2, 0.25) is 0 Å². The van der Waals surface area contributed by atoms with Gasteiger partial charge in [0.05, 0.1) is 6.04 Å². The van der Waals surface area contributed by atoms with Crippen molar-refractivity contribution in [2.75, 3.05) is 31.1 Å². The minimum absolute atomic E-state index is 0.126. The van der Waals surface area contributed by atoms with Gasteiger partial charge in [-0.05, 0) is 37.1 Å². The molecule has 6 nitrogen and oxygen atoms in total. The first-order valence-electron chi connectivity index (χ1n) is 9.11. The average Bonchev–Trinajstić information content (AvgIpc) is 2.65. The number of hydrogen-bond acceptors (Lipinski definition) is 4. The largest absolute Gasteiger partial charge is 0.480 e. The Morgan fingerprint density at radius 2 is 1.73 bits per heavy atom. The Labute approximate surface area is 154 Å². The fourth-order valence-corrected chi connectivity index (χ4v) is 3.14. The van der Waals surface area contributed by atoms with Crippen LogP contribution in [-0.2, 0) is 9.59 Å². The molecular formula is C19H28FN3O3. The minimum atomic E-state index is -0.999. The summed E-state index contributed by atoms with van der Waals surface area (Å²) >= 11 is 0. The summed E-state index contributed by atoms with van der Waals surface area (Å²) in [6.45, 7) is 8.38. The van der Waals surface area contributed by atoms with E-state index in [0.717, 1.165) is 18.8 Å². The van der Waals surface area contributed by atoms with E-state index in [2.05, 4.69) is 10.2 Å². The number of rotatable bonds is 7. The third kappa shape index (κ3) is 4.94. The summed E-state index contributed by atoms with van der Waals surface area (Å²) in [5.74, 6) is -1.64. The lowest BCUT2D eigenvalue weighted by atomic mass is 9.99. The fourth-order valence-electron chi connectivity index (χ4n) is 3.14. The van der Waals surface area contributed by atoms with Crippen LogP contribution in [0.4, 0.5) is 10.1 Å². The topological polar surface area (TPSA) is 72.9 Å². The SMILES string of the molecule is CC[C@H](C)[C@H](NC(=O)C(C)N1CCN(c2ccc(F)cc2)CC1)C(=O)O. The molecule has 3 atom stereocenters. The number of halogens is 1. The van der Waals surface area contributed by atoms with Crippen molar-refractivity contribution in [3.8, 4) is 0 Å². The number of amides is 1. The zero-order valence-electron chi connectivity index (χ0n) is 15.6. The van der Waals surface area contributed by atoms with E-state index in [0.29, 0.717) is 19.5 Å². The van der Waals surface area contributed by atoms with Gasteiger partial charge in [0.2, 0.25) is 5.91 Å². The molecule has 2 N–H and O–H groups in total. The van der Waals surface area contributed by atoms with Gasteiger partial charge >= 0.3 is 5.97 Å². The molecule has 1 fully saturated rings. The maximum atomic E-state index is 13.0. The summed E-state index contributed by atoms with van der Waals surface area (Å²) in [6, 6.07) is 5.14. The maximum absolute atomic E-state index is 13.0. The highest BCUT2D eigenvalue weighted by Crippen LogP contribution is 2.18. The monoisotopic (exact) mass is 365 g/mol. The van der Waals surface area contributed by atoms with E-state index in [1.54, 1.807) is 19.1 Å². The molecule has 1 aliphatic heterocycles. The van der Waals surface area contributed by atoms with Crippen molar-refractivity contribution < 1.29 is 19.1 Å². The van der Waals surface area contributed by atoms with Crippen LogP contribution >= 0.6 is 0 Å². The molecule has 0 spiro atoms. The molecule has 1 heterocycles. The smallest absolute Gasteiger partial charge is 0.326 e. The summed E-state index contributed by atoms with van der Waals surface area (Å²) < 4.78 is 13.0. The molecule has 1 amide bonds. The third-order valence-corrected chi connectivity index (χ3v) is 5.21. The zero-order valence-corrected chi connectivity index (χ0v) is 15.6. The second-order valence-electron chi connectivity index (χ2n) is 6.89. The van der Waals surface area contributed by atoms with Crippen LogP contribution in [-0.4, -0.2) is 60.1 Å². The van der Waals surface area contributed by atoms with E-state index in [4.69, 9.17) is 0 Å². The molecule has 1 aromatic rings. The molecule has 0 aromatic heterocycles. The molecule has 0 bridgehead atoms. The van der Waals surface area contributed by atoms with Gasteiger partial charge in [-0.2, -0.15) is 0 Å². The number of carboxylic acids is 1. The van der Waals surface area contributed by atoms with Crippen molar-refractivity contribution in [2.45, 2.75) is 39.3 Å². The molecule has 1 aliphatic rings. The number of anilines is 1. The quantitative estimate of drug-likeness (QED) is 0.773. The summed E-state index contributed by atoms with van der Waals surface area (Å²) in [6.07, 6.45) is 0.683. The molecule has 144 valence electrons. The third-order valence-electron chi connectivity index (χ3n) is 5.21. The maximum Gasteiger partial charge on any atom is 0.326 e. The van der Waals surface area contributed by atoms with E-state index in [1.165, 1.54) is 12.1 Å². The van der Waals surface area contributed by atoms with Gasteiger partial charge in [0.25, 0.3) is 0 Å². The molecule has 1 unspecified atom stereocenters. The highest BCUT2D eigenvalue weighted by molar-refractivity contribution is 5.86. The zero-order chi connectivity index (χ0) is 19.3. The highest BCUT2D eigenvalue weighted by atomic mass is 19.1. The van der Waals surface area contributed by atoms with Gasteiger partial charge in [0.1, 0.15) is 11.9 Å². The van der Waals surface area contributed by atoms with Crippen LogP contribution < -0.4 is 10.2 Å². The number of benzene rings is 1. The van der Waals surface area contributed by atoms with Crippen LogP contribution in [0.15, 0.2) is 24.3 Å². The molecule has 0 radical (unpaired) electrons. The standard InChI is InChI=1S/C19H28FN3O3/c1-4-13(2)17(19(25)26)21-18(24)14(3)22-9-11-23(12-10-22)16-7-5-15(20)6-8-16/h5-8,13-14,17H,4,9-12H2,1-3H3,(H,21,24)(H,25,26)/t13-,14?,17-/m0/s1. The number of carbonyl (C=O) groups is 2. The molecule has 1 aromatic carbocycles. The second-order valence-corrected chi connectivity index (χ2v) is 6.89. The Kier molecular flexibility index (Phi) is 6.97. The van der Waals surface area contributed by atoms with Crippen molar-refractivity contribution in [2.24, 2.45) is 5.92 Å². The molecule has 0 aliphatic carbocycles. The van der Waals surface area contributed by atoms with Crippen LogP contribution in [0, 0.1) is 11.7 Å². The van der Waals surface area contributed by atoms with Gasteiger partial charge in [0, 0.05) is 31.9 Å². The first-order chi connectivity index (χ1) is 12.3. The van der Waals surface area contributed by atoms with E-state index < -0.39 is 18.1 Å². The number of piperazine rings is 1. The molecule has 2 rings (SSSR count). The highest BCUT2D eigenvalue weighted by Gasteiger charge is 2.30. The number of nitrogens with zero attached hydrogens (tertiary/aromatic N) is 2. The number of nitrogens with one attached hydrogen (secondary N) is 1. The molecular weight excluding hydrogens is 337 g/mol. The van der Waals surface area contributed by atoms with Crippen molar-refractivity contribution in [1.82, 2.24) is 10.2 Å². The van der Waals surface area contributed by atoms with Crippen LogP contribution in [0.3, 0.4) is 0 Å². The summed E-state index contributed by atoms with van der Waals surface area (Å²) in [5, 5.41) is 12.0. The number of hydrogen-bond donors (Lipinski definition) is 2. The van der Waals surface area contributed by atoms with E-state index in [1.807, 2.05) is 18.7 Å². The molecule has 1 saturated heterocycles. The lowest BCUT2D eigenvalue weighted by molar-refractivity contribution is -0.144. The van der Waals surface area contributed by atoms with Gasteiger partial charge in [-0.1, -0.05) is 20.3 Å². The van der Waals surface area contributed by atoms with Gasteiger partial charge in [-0.3, -0.25) is 9.69 Å². The number of aliphatic carboxylic acids is 1. The fraction of sp³-hybridized carbons (Fsp3) is 0.579. The predicted octanol–water partition coefficient (Wildman–Crippen LogP) is 1.95. The summed E-state index contributed by atoms with van der Waals surface area (Å²) in [4.78, 5) is 28.1. The first-order valence-corrected chi connectivity index (χ1v) is 9.11. The van der Waals surface area contributed by atoms with Gasteiger partial charge < -0.3 is 15.3 Å². The molecule has 0 saturated carbocycles. The van der Waals surface area contributed by atoms with Crippen LogP contribution in [0.25, 0.3) is 0 Å². The predicted molar refractivity (Wildman–Crippen MR) is 98.7 cm³/mol. The van der Waals surface area contributed by atoms with Crippen molar-refractivity contribution >= 4 is 17.6 Å². The van der Waals surface area contributed by atoms with Crippen molar-refractivity contribution in [3.05, 3.63) is 30.1 Å². The normalized spacial score (nSPS) is 18.8. The average molecular weight is 365 g/mol. The molecule has 26 heavy (non-hydrogen) atoms. The van der Waals surface area contributed by atoms with Gasteiger partial charge in [0.15, 0.2) is 0 Å². The number of carbonyl (C=O) groups excluding carboxylic acids is 1. The second kappa shape index (κ2) is 8.98. The Morgan fingerprint density at radius 1 is 1.15 bits per heavy atom. The van der Waals surface area contributed by atoms with E-state index in [9.17, 15) is 19.1 Å². The Balaban J connectivity index is 1.90. The minimum Gasteiger partial charge on any atom is -0.480 e. The number of carboxylic acid groups (broad SMARTS) is 1. The lowest BCUT2D eigenvalue weighted by Crippen LogP contribution is -2.56. The first kappa shape index (κ1) is 20.2. The van der Waals surface area contributed by atoms with Crippen LogP contribution in [0.1, 0.15) is 27.2 Å². The Hall–Kier alpha value is -2.15. The Bertz CT molecular complexity index is 615. The Morgan fingerprint density at radius 3 is 2.23 bits per heavy atom. The van der Waals surface area contributed by atoms with Gasteiger partial charge in [-0.25, -0.2) is 9.18 Å². The van der Waals surface area contributed by atoms with E-state index in [-0.39, 0.29) is 17.6 Å². The van der Waals surface area contributed by atoms with Crippen LogP contribution in [0.5, 0.6) is 0 Å². The van der Waals surface area contributed by atoms with E-state index >= 15 is 0 Å². The lowest BCUT2D eigenvalue weighted by Gasteiger charge is -2.39. The van der Waals surface area contributed by atoms with Gasteiger partial charge in [-0.15, -0.1) is 0 Å². The van der Waals surface area contributed by atoms with Crippen molar-refractivity contribution in [3.63, 3.8) is 0 Å². The molecule has 7 heteroatoms. The van der Waals surface area contributed by atoms with Crippen molar-refractivity contribution in [1.29, 1.82) is 0 Å². The summed E-state index contributed by atoms with van der Waals surface area (Å²) in [5.41, 5.74) is 0.964.